The molecule has 1 aromatic carbocycles. The average molecular weight is 297 g/mol. The van der Waals surface area contributed by atoms with Crippen molar-refractivity contribution < 1.29 is 18.9 Å². The van der Waals surface area contributed by atoms with E-state index in [1.54, 1.807) is 14.2 Å². The molecular formula is C16H27NO4. The fourth-order valence-corrected chi connectivity index (χ4v) is 1.99. The van der Waals surface area contributed by atoms with E-state index in [4.69, 9.17) is 18.9 Å². The van der Waals surface area contributed by atoms with Gasteiger partial charge in [0.15, 0.2) is 0 Å². The van der Waals surface area contributed by atoms with Crippen LogP contribution < -0.4 is 14.8 Å². The van der Waals surface area contributed by atoms with Crippen LogP contribution in [-0.2, 0) is 9.47 Å². The van der Waals surface area contributed by atoms with Crippen LogP contribution in [0.25, 0.3) is 0 Å². The molecule has 0 aliphatic carbocycles. The Balaban J connectivity index is 2.50. The van der Waals surface area contributed by atoms with E-state index >= 15 is 0 Å². The highest BCUT2D eigenvalue weighted by atomic mass is 16.5. The Morgan fingerprint density at radius 3 is 2.48 bits per heavy atom. The van der Waals surface area contributed by atoms with Crippen molar-refractivity contribution in [2.24, 2.45) is 0 Å². The minimum absolute atomic E-state index is 0.161. The monoisotopic (exact) mass is 297 g/mol. The molecule has 0 fully saturated rings. The second-order valence-electron chi connectivity index (χ2n) is 4.69. The Hall–Kier alpha value is -1.30. The van der Waals surface area contributed by atoms with Crippen LogP contribution in [0.4, 0.5) is 0 Å². The molecule has 1 rings (SSSR count). The summed E-state index contributed by atoms with van der Waals surface area (Å²) in [5.41, 5.74) is 1.04. The molecule has 0 saturated heterocycles. The highest BCUT2D eigenvalue weighted by Gasteiger charge is 2.15. The van der Waals surface area contributed by atoms with Gasteiger partial charge in [0.2, 0.25) is 0 Å². The third kappa shape index (κ3) is 5.91. The van der Waals surface area contributed by atoms with Crippen molar-refractivity contribution in [1.29, 1.82) is 0 Å². The van der Waals surface area contributed by atoms with Gasteiger partial charge in [0.1, 0.15) is 11.5 Å². The summed E-state index contributed by atoms with van der Waals surface area (Å²) in [6, 6.07) is 6.02. The summed E-state index contributed by atoms with van der Waals surface area (Å²) in [4.78, 5) is 0. The molecule has 0 aliphatic rings. The topological polar surface area (TPSA) is 49.0 Å². The zero-order chi connectivity index (χ0) is 15.5. The summed E-state index contributed by atoms with van der Waals surface area (Å²) >= 11 is 0. The highest BCUT2D eigenvalue weighted by molar-refractivity contribution is 5.46. The van der Waals surface area contributed by atoms with Crippen LogP contribution in [0.15, 0.2) is 18.2 Å². The van der Waals surface area contributed by atoms with E-state index < -0.39 is 0 Å². The molecule has 5 nitrogen and oxygen atoms in total. The van der Waals surface area contributed by atoms with Gasteiger partial charge in [-0.15, -0.1) is 0 Å². The summed E-state index contributed by atoms with van der Waals surface area (Å²) < 4.78 is 21.6. The Bertz CT molecular complexity index is 398. The lowest BCUT2D eigenvalue weighted by atomic mass is 10.1. The number of methoxy groups -OCH3 is 2. The van der Waals surface area contributed by atoms with Gasteiger partial charge < -0.3 is 24.3 Å². The molecule has 5 heteroatoms. The maximum Gasteiger partial charge on any atom is 0.127 e. The van der Waals surface area contributed by atoms with Crippen molar-refractivity contribution >= 4 is 0 Å². The van der Waals surface area contributed by atoms with Crippen LogP contribution in [0.2, 0.25) is 0 Å². The Kier molecular flexibility index (Phi) is 8.82. The van der Waals surface area contributed by atoms with Gasteiger partial charge in [0.25, 0.3) is 0 Å². The minimum atomic E-state index is 0.161. The van der Waals surface area contributed by atoms with Crippen molar-refractivity contribution in [2.75, 3.05) is 47.7 Å². The number of rotatable bonds is 11. The number of benzene rings is 1. The van der Waals surface area contributed by atoms with Gasteiger partial charge in [0, 0.05) is 26.2 Å². The van der Waals surface area contributed by atoms with Gasteiger partial charge in [0.05, 0.1) is 32.5 Å². The molecule has 0 radical (unpaired) electrons. The highest BCUT2D eigenvalue weighted by Crippen LogP contribution is 2.33. The molecule has 0 bridgehead atoms. The minimum Gasteiger partial charge on any atom is -0.496 e. The van der Waals surface area contributed by atoms with E-state index in [0.29, 0.717) is 26.4 Å². The van der Waals surface area contributed by atoms with Gasteiger partial charge in [-0.25, -0.2) is 0 Å². The number of hydrogen-bond acceptors (Lipinski definition) is 5. The molecule has 0 spiro atoms. The summed E-state index contributed by atoms with van der Waals surface area (Å²) in [5.74, 6) is 1.69. The lowest BCUT2D eigenvalue weighted by molar-refractivity contribution is 0.0643. The van der Waals surface area contributed by atoms with E-state index in [0.717, 1.165) is 23.5 Å². The predicted octanol–water partition coefficient (Wildman–Crippen LogP) is 2.41. The van der Waals surface area contributed by atoms with Crippen LogP contribution >= 0.6 is 0 Å². The quantitative estimate of drug-likeness (QED) is 0.636. The molecule has 0 saturated carbocycles. The Morgan fingerprint density at radius 1 is 1.05 bits per heavy atom. The summed E-state index contributed by atoms with van der Waals surface area (Å²) in [5, 5.41) is 3.22. The van der Waals surface area contributed by atoms with Gasteiger partial charge >= 0.3 is 0 Å². The van der Waals surface area contributed by atoms with Crippen LogP contribution in [-0.4, -0.2) is 47.7 Å². The van der Waals surface area contributed by atoms with E-state index in [-0.39, 0.29) is 6.04 Å². The Labute approximate surface area is 127 Å². The van der Waals surface area contributed by atoms with Gasteiger partial charge in [-0.3, -0.25) is 0 Å². The first-order valence-corrected chi connectivity index (χ1v) is 7.28. The first-order chi connectivity index (χ1) is 10.2. The lowest BCUT2D eigenvalue weighted by Crippen LogP contribution is -2.15. The van der Waals surface area contributed by atoms with E-state index in [1.807, 2.05) is 25.2 Å². The summed E-state index contributed by atoms with van der Waals surface area (Å²) in [7, 11) is 5.26. The van der Waals surface area contributed by atoms with Crippen molar-refractivity contribution in [3.05, 3.63) is 23.8 Å². The van der Waals surface area contributed by atoms with Gasteiger partial charge in [-0.1, -0.05) is 6.07 Å². The van der Waals surface area contributed by atoms with Crippen molar-refractivity contribution in [1.82, 2.24) is 5.32 Å². The summed E-state index contributed by atoms with van der Waals surface area (Å²) in [6.45, 7) is 4.62. The van der Waals surface area contributed by atoms with E-state index in [1.165, 1.54) is 0 Å². The fourth-order valence-electron chi connectivity index (χ4n) is 1.99. The zero-order valence-electron chi connectivity index (χ0n) is 13.5. The van der Waals surface area contributed by atoms with Crippen molar-refractivity contribution in [3.63, 3.8) is 0 Å². The van der Waals surface area contributed by atoms with E-state index in [9.17, 15) is 0 Å². The number of ether oxygens (including phenoxy) is 4. The third-order valence-corrected chi connectivity index (χ3v) is 3.23. The van der Waals surface area contributed by atoms with Crippen LogP contribution in [0, 0.1) is 0 Å². The number of hydrogen-bond donors (Lipinski definition) is 1. The molecule has 21 heavy (non-hydrogen) atoms. The van der Waals surface area contributed by atoms with E-state index in [2.05, 4.69) is 12.2 Å². The van der Waals surface area contributed by atoms with Crippen molar-refractivity contribution in [2.45, 2.75) is 19.4 Å². The second kappa shape index (κ2) is 10.4. The van der Waals surface area contributed by atoms with Gasteiger partial charge in [-0.05, 0) is 26.1 Å². The normalized spacial score (nSPS) is 12.2. The SMILES string of the molecule is CNC(C)c1c(OC)cccc1OCCCOCCOC. The van der Waals surface area contributed by atoms with Crippen molar-refractivity contribution in [3.8, 4) is 11.5 Å². The first kappa shape index (κ1) is 17.8. The lowest BCUT2D eigenvalue weighted by Gasteiger charge is -2.19. The zero-order valence-corrected chi connectivity index (χ0v) is 13.5. The molecule has 1 unspecified atom stereocenters. The predicted molar refractivity (Wildman–Crippen MR) is 83.3 cm³/mol. The molecule has 0 heterocycles. The first-order valence-electron chi connectivity index (χ1n) is 7.28. The second-order valence-corrected chi connectivity index (χ2v) is 4.69. The number of nitrogens with one attached hydrogen (secondary N) is 1. The molecule has 0 aliphatic heterocycles. The standard InChI is InChI=1S/C16H27NO4/c1-13(17-2)16-14(19-4)7-5-8-15(16)21-10-6-9-20-12-11-18-3/h5,7-8,13,17H,6,9-12H2,1-4H3. The van der Waals surface area contributed by atoms with Crippen LogP contribution in [0.3, 0.4) is 0 Å². The summed E-state index contributed by atoms with van der Waals surface area (Å²) in [6.07, 6.45) is 0.842. The Morgan fingerprint density at radius 2 is 1.81 bits per heavy atom. The van der Waals surface area contributed by atoms with Crippen LogP contribution in [0.5, 0.6) is 11.5 Å². The van der Waals surface area contributed by atoms with Gasteiger partial charge in [-0.2, -0.15) is 0 Å². The molecule has 0 aromatic heterocycles. The van der Waals surface area contributed by atoms with Crippen LogP contribution in [0.1, 0.15) is 24.9 Å². The third-order valence-electron chi connectivity index (χ3n) is 3.23. The maximum atomic E-state index is 5.88. The molecule has 120 valence electrons. The molecule has 1 aromatic rings. The maximum absolute atomic E-state index is 5.88. The average Bonchev–Trinajstić information content (AvgIpc) is 2.52. The smallest absolute Gasteiger partial charge is 0.127 e. The molecule has 1 atom stereocenters. The fraction of sp³-hybridized carbons (Fsp3) is 0.625. The molecular weight excluding hydrogens is 270 g/mol. The molecule has 0 amide bonds. The largest absolute Gasteiger partial charge is 0.496 e. The molecule has 1 N–H and O–H groups in total.